The normalized spacial score (nSPS) is 12.7. The van der Waals surface area contributed by atoms with Gasteiger partial charge >= 0.3 is 5.97 Å². The molecule has 3 rings (SSSR count). The van der Waals surface area contributed by atoms with Gasteiger partial charge in [-0.05, 0) is 42.1 Å². The molecule has 0 saturated carbocycles. The molecule has 0 radical (unpaired) electrons. The molecule has 1 unspecified atom stereocenters. The average Bonchev–Trinajstić information content (AvgIpc) is 2.70. The third-order valence-corrected chi connectivity index (χ3v) is 5.77. The van der Waals surface area contributed by atoms with E-state index in [0.717, 1.165) is 17.4 Å². The molecule has 0 bridgehead atoms. The van der Waals surface area contributed by atoms with Crippen molar-refractivity contribution in [3.05, 3.63) is 72.6 Å². The van der Waals surface area contributed by atoms with Crippen molar-refractivity contribution in [2.75, 3.05) is 13.1 Å². The highest BCUT2D eigenvalue weighted by Crippen LogP contribution is 2.18. The van der Waals surface area contributed by atoms with E-state index in [4.69, 9.17) is 0 Å². The number of nitrogens with one attached hydrogen (secondary N) is 2. The number of aliphatic carboxylic acids is 1. The van der Waals surface area contributed by atoms with Crippen LogP contribution < -0.4 is 10.0 Å². The molecule has 0 aliphatic heterocycles. The Balaban J connectivity index is 1.64. The van der Waals surface area contributed by atoms with Gasteiger partial charge in [0, 0.05) is 24.3 Å². The van der Waals surface area contributed by atoms with Crippen LogP contribution in [0.25, 0.3) is 10.8 Å². The first-order valence-electron chi connectivity index (χ1n) is 8.79. The van der Waals surface area contributed by atoms with E-state index < -0.39 is 22.0 Å². The number of benzene rings is 2. The summed E-state index contributed by atoms with van der Waals surface area (Å²) in [6, 6.07) is 14.8. The van der Waals surface area contributed by atoms with Gasteiger partial charge in [-0.25, -0.2) is 8.42 Å². The quantitative estimate of drug-likeness (QED) is 0.474. The van der Waals surface area contributed by atoms with Gasteiger partial charge in [0.25, 0.3) is 0 Å². The fourth-order valence-corrected chi connectivity index (χ4v) is 4.01. The van der Waals surface area contributed by atoms with Crippen LogP contribution in [0, 0.1) is 0 Å². The summed E-state index contributed by atoms with van der Waals surface area (Å²) >= 11 is 0. The summed E-state index contributed by atoms with van der Waals surface area (Å²) in [5.41, 5.74) is 1.12. The molecule has 28 heavy (non-hydrogen) atoms. The molecule has 1 atom stereocenters. The van der Waals surface area contributed by atoms with Gasteiger partial charge in [0.05, 0.1) is 4.90 Å². The van der Waals surface area contributed by atoms with Gasteiger partial charge in [-0.15, -0.1) is 0 Å². The molecule has 146 valence electrons. The molecular formula is C20H21N3O4S. The molecule has 0 saturated heterocycles. The fraction of sp³-hybridized carbons (Fsp3) is 0.200. The minimum absolute atomic E-state index is 0.0150. The van der Waals surface area contributed by atoms with Crippen molar-refractivity contribution in [1.82, 2.24) is 15.0 Å². The standard InChI is InChI=1S/C20H21N3O4S/c24-20(25)19(14-22-10-8-15-4-2-1-3-5-15)23-28(26,27)18-7-6-17-13-21-11-9-16(17)12-18/h1-7,9,11-13,19,22-23H,8,10,14H2,(H,24,25). The van der Waals surface area contributed by atoms with E-state index in [-0.39, 0.29) is 11.4 Å². The summed E-state index contributed by atoms with van der Waals surface area (Å²) in [6.45, 7) is 0.525. The van der Waals surface area contributed by atoms with Crippen molar-refractivity contribution in [2.45, 2.75) is 17.4 Å². The third-order valence-electron chi connectivity index (χ3n) is 4.30. The second-order valence-corrected chi connectivity index (χ2v) is 8.05. The van der Waals surface area contributed by atoms with Crippen LogP contribution in [-0.2, 0) is 21.2 Å². The van der Waals surface area contributed by atoms with Crippen molar-refractivity contribution in [1.29, 1.82) is 0 Å². The van der Waals surface area contributed by atoms with Crippen LogP contribution in [0.4, 0.5) is 0 Å². The first-order valence-corrected chi connectivity index (χ1v) is 10.3. The molecule has 2 aromatic carbocycles. The summed E-state index contributed by atoms with van der Waals surface area (Å²) in [4.78, 5) is 15.5. The van der Waals surface area contributed by atoms with Crippen molar-refractivity contribution >= 4 is 26.8 Å². The SMILES string of the molecule is O=C(O)C(CNCCc1ccccc1)NS(=O)(=O)c1ccc2cnccc2c1. The lowest BCUT2D eigenvalue weighted by atomic mass is 10.1. The number of aromatic nitrogens is 1. The third kappa shape index (κ3) is 5.13. The number of carboxylic acid groups (broad SMARTS) is 1. The fourth-order valence-electron chi connectivity index (χ4n) is 2.79. The zero-order valence-corrected chi connectivity index (χ0v) is 15.9. The van der Waals surface area contributed by atoms with E-state index in [2.05, 4.69) is 15.0 Å². The minimum atomic E-state index is -3.98. The van der Waals surface area contributed by atoms with Crippen molar-refractivity contribution in [2.24, 2.45) is 0 Å². The molecule has 0 fully saturated rings. The highest BCUT2D eigenvalue weighted by atomic mass is 32.2. The van der Waals surface area contributed by atoms with Gasteiger partial charge < -0.3 is 10.4 Å². The molecule has 1 heterocycles. The molecule has 0 spiro atoms. The highest BCUT2D eigenvalue weighted by Gasteiger charge is 2.25. The number of fused-ring (bicyclic) bond motifs is 1. The van der Waals surface area contributed by atoms with E-state index in [1.165, 1.54) is 12.1 Å². The maximum absolute atomic E-state index is 12.6. The van der Waals surface area contributed by atoms with E-state index in [9.17, 15) is 18.3 Å². The Labute approximate surface area is 163 Å². The van der Waals surface area contributed by atoms with Crippen LogP contribution >= 0.6 is 0 Å². The summed E-state index contributed by atoms with van der Waals surface area (Å²) in [6.07, 6.45) is 3.93. The van der Waals surface area contributed by atoms with Crippen LogP contribution in [0.5, 0.6) is 0 Å². The van der Waals surface area contributed by atoms with Gasteiger partial charge in [-0.2, -0.15) is 4.72 Å². The zero-order chi connectivity index (χ0) is 20.0. The smallest absolute Gasteiger partial charge is 0.323 e. The van der Waals surface area contributed by atoms with Crippen molar-refractivity contribution in [3.63, 3.8) is 0 Å². The summed E-state index contributed by atoms with van der Waals surface area (Å²) in [5.74, 6) is -1.24. The minimum Gasteiger partial charge on any atom is -0.480 e. The molecule has 3 N–H and O–H groups in total. The van der Waals surface area contributed by atoms with Crippen molar-refractivity contribution in [3.8, 4) is 0 Å². The Morgan fingerprint density at radius 3 is 2.61 bits per heavy atom. The van der Waals surface area contributed by atoms with Crippen molar-refractivity contribution < 1.29 is 18.3 Å². The second kappa shape index (κ2) is 8.92. The Morgan fingerprint density at radius 1 is 1.07 bits per heavy atom. The summed E-state index contributed by atoms with van der Waals surface area (Å²) in [7, 11) is -3.98. The first-order chi connectivity index (χ1) is 13.5. The Bertz CT molecular complexity index is 1060. The predicted molar refractivity (Wildman–Crippen MR) is 107 cm³/mol. The number of sulfonamides is 1. The van der Waals surface area contributed by atoms with Crippen LogP contribution in [-0.4, -0.2) is 43.6 Å². The highest BCUT2D eigenvalue weighted by molar-refractivity contribution is 7.89. The number of carboxylic acids is 1. The lowest BCUT2D eigenvalue weighted by molar-refractivity contribution is -0.138. The van der Waals surface area contributed by atoms with Gasteiger partial charge in [0.15, 0.2) is 0 Å². The predicted octanol–water partition coefficient (Wildman–Crippen LogP) is 1.80. The van der Waals surface area contributed by atoms with Gasteiger partial charge in [-0.1, -0.05) is 36.4 Å². The Kier molecular flexibility index (Phi) is 6.35. The molecule has 7 nitrogen and oxygen atoms in total. The maximum atomic E-state index is 12.6. The topological polar surface area (TPSA) is 108 Å². The lowest BCUT2D eigenvalue weighted by Crippen LogP contribution is -2.47. The zero-order valence-electron chi connectivity index (χ0n) is 15.1. The average molecular weight is 399 g/mol. The van der Waals surface area contributed by atoms with E-state index in [0.29, 0.717) is 11.9 Å². The number of carbonyl (C=O) groups is 1. The second-order valence-electron chi connectivity index (χ2n) is 6.34. The summed E-state index contributed by atoms with van der Waals surface area (Å²) < 4.78 is 27.5. The number of rotatable bonds is 9. The molecule has 0 aliphatic carbocycles. The maximum Gasteiger partial charge on any atom is 0.323 e. The van der Waals surface area contributed by atoms with Crippen LogP contribution in [0.2, 0.25) is 0 Å². The molecule has 1 aromatic heterocycles. The number of hydrogen-bond donors (Lipinski definition) is 3. The summed E-state index contributed by atoms with van der Waals surface area (Å²) in [5, 5.41) is 13.9. The van der Waals surface area contributed by atoms with E-state index >= 15 is 0 Å². The first kappa shape index (κ1) is 19.9. The molecule has 3 aromatic rings. The lowest BCUT2D eigenvalue weighted by Gasteiger charge is -2.16. The van der Waals surface area contributed by atoms with Crippen LogP contribution in [0.1, 0.15) is 5.56 Å². The molecule has 0 amide bonds. The van der Waals surface area contributed by atoms with Gasteiger partial charge in [0.1, 0.15) is 6.04 Å². The number of hydrogen-bond acceptors (Lipinski definition) is 5. The van der Waals surface area contributed by atoms with E-state index in [1.807, 2.05) is 30.3 Å². The Hall–Kier alpha value is -2.81. The van der Waals surface area contributed by atoms with Gasteiger partial charge in [-0.3, -0.25) is 9.78 Å². The monoisotopic (exact) mass is 399 g/mol. The Morgan fingerprint density at radius 2 is 1.86 bits per heavy atom. The number of nitrogens with zero attached hydrogens (tertiary/aromatic N) is 1. The van der Waals surface area contributed by atoms with E-state index in [1.54, 1.807) is 24.5 Å². The number of pyridine rings is 1. The van der Waals surface area contributed by atoms with Crippen LogP contribution in [0.3, 0.4) is 0 Å². The molecular weight excluding hydrogens is 378 g/mol. The van der Waals surface area contributed by atoms with Crippen LogP contribution in [0.15, 0.2) is 71.9 Å². The van der Waals surface area contributed by atoms with Gasteiger partial charge in [0.2, 0.25) is 10.0 Å². The molecule has 0 aliphatic rings. The largest absolute Gasteiger partial charge is 0.480 e. The molecule has 8 heteroatoms.